The van der Waals surface area contributed by atoms with Crippen molar-refractivity contribution >= 4 is 21.8 Å². The van der Waals surface area contributed by atoms with Gasteiger partial charge in [0.25, 0.3) is 0 Å². The van der Waals surface area contributed by atoms with Crippen LogP contribution in [0.2, 0.25) is 0 Å². The van der Waals surface area contributed by atoms with Crippen LogP contribution in [0.3, 0.4) is 0 Å². The minimum absolute atomic E-state index is 0.0265. The zero-order chi connectivity index (χ0) is 15.7. The lowest BCUT2D eigenvalue weighted by atomic mass is 9.85. The Hall–Kier alpha value is -1.31. The topological polar surface area (TPSA) is 104 Å². The van der Waals surface area contributed by atoms with Crippen LogP contribution >= 0.6 is 0 Å². The second-order valence-corrected chi connectivity index (χ2v) is 8.41. The summed E-state index contributed by atoms with van der Waals surface area (Å²) in [6, 6.07) is -0.756. The van der Waals surface area contributed by atoms with Gasteiger partial charge < -0.3 is 15.3 Å². The Morgan fingerprint density at radius 3 is 2.62 bits per heavy atom. The maximum atomic E-state index is 12.3. The van der Waals surface area contributed by atoms with Gasteiger partial charge in [0.2, 0.25) is 0 Å². The standard InChI is InChI=1S/C13H22N2O5S/c1-13(11(16)17)5-2-4-10(13)14-12(18)15-6-3-8-21(19,20)9-7-15/h10H,2-9H2,1H3,(H,14,18)(H,16,17). The van der Waals surface area contributed by atoms with Crippen molar-refractivity contribution in [2.24, 2.45) is 5.41 Å². The summed E-state index contributed by atoms with van der Waals surface area (Å²) < 4.78 is 23.1. The van der Waals surface area contributed by atoms with Gasteiger partial charge in [0.1, 0.15) is 0 Å². The number of urea groups is 1. The molecular weight excluding hydrogens is 296 g/mol. The number of carboxylic acids is 1. The molecule has 1 saturated heterocycles. The van der Waals surface area contributed by atoms with Crippen molar-refractivity contribution in [3.63, 3.8) is 0 Å². The van der Waals surface area contributed by atoms with Crippen molar-refractivity contribution in [2.45, 2.75) is 38.6 Å². The summed E-state index contributed by atoms with van der Waals surface area (Å²) in [6.07, 6.45) is 2.38. The minimum Gasteiger partial charge on any atom is -0.481 e. The monoisotopic (exact) mass is 318 g/mol. The Labute approximate surface area is 124 Å². The van der Waals surface area contributed by atoms with Crippen molar-refractivity contribution in [1.29, 1.82) is 0 Å². The summed E-state index contributed by atoms with van der Waals surface area (Å²) in [5, 5.41) is 12.1. The summed E-state index contributed by atoms with van der Waals surface area (Å²) in [5.41, 5.74) is -0.937. The molecule has 0 spiro atoms. The molecule has 8 heteroatoms. The van der Waals surface area contributed by atoms with Gasteiger partial charge in [-0.05, 0) is 26.2 Å². The average Bonchev–Trinajstić information content (AvgIpc) is 2.66. The van der Waals surface area contributed by atoms with Gasteiger partial charge in [-0.2, -0.15) is 0 Å². The predicted molar refractivity (Wildman–Crippen MR) is 76.8 cm³/mol. The van der Waals surface area contributed by atoms with Crippen LogP contribution in [0.4, 0.5) is 4.79 Å². The Morgan fingerprint density at radius 1 is 1.24 bits per heavy atom. The predicted octanol–water partition coefficient (Wildman–Crippen LogP) is 0.460. The summed E-state index contributed by atoms with van der Waals surface area (Å²) in [6.45, 7) is 2.21. The normalized spacial score (nSPS) is 32.4. The molecule has 0 aromatic rings. The quantitative estimate of drug-likeness (QED) is 0.770. The first-order valence-corrected chi connectivity index (χ1v) is 9.06. The molecule has 1 aliphatic heterocycles. The van der Waals surface area contributed by atoms with E-state index in [0.717, 1.165) is 6.42 Å². The Kier molecular flexibility index (Phi) is 4.46. The third kappa shape index (κ3) is 3.48. The van der Waals surface area contributed by atoms with E-state index in [1.807, 2.05) is 0 Å². The highest BCUT2D eigenvalue weighted by Gasteiger charge is 2.46. The van der Waals surface area contributed by atoms with Gasteiger partial charge in [-0.25, -0.2) is 13.2 Å². The van der Waals surface area contributed by atoms with Crippen LogP contribution in [-0.2, 0) is 14.6 Å². The van der Waals surface area contributed by atoms with Crippen LogP contribution < -0.4 is 5.32 Å². The molecule has 2 rings (SSSR count). The third-order valence-electron chi connectivity index (χ3n) is 4.59. The highest BCUT2D eigenvalue weighted by atomic mass is 32.2. The van der Waals surface area contributed by atoms with E-state index in [-0.39, 0.29) is 24.1 Å². The molecule has 1 aliphatic carbocycles. The smallest absolute Gasteiger partial charge is 0.317 e. The summed E-state index contributed by atoms with van der Waals surface area (Å²) in [7, 11) is -3.06. The third-order valence-corrected chi connectivity index (χ3v) is 6.30. The van der Waals surface area contributed by atoms with Crippen molar-refractivity contribution < 1.29 is 23.1 Å². The summed E-state index contributed by atoms with van der Waals surface area (Å²) >= 11 is 0. The van der Waals surface area contributed by atoms with E-state index in [1.54, 1.807) is 6.92 Å². The zero-order valence-corrected chi connectivity index (χ0v) is 13.0. The van der Waals surface area contributed by atoms with Crippen LogP contribution in [0.1, 0.15) is 32.6 Å². The van der Waals surface area contributed by atoms with Crippen molar-refractivity contribution in [1.82, 2.24) is 10.2 Å². The molecule has 2 unspecified atom stereocenters. The molecule has 120 valence electrons. The second-order valence-electron chi connectivity index (χ2n) is 6.11. The van der Waals surface area contributed by atoms with E-state index in [4.69, 9.17) is 0 Å². The molecular formula is C13H22N2O5S. The molecule has 2 fully saturated rings. The lowest BCUT2D eigenvalue weighted by molar-refractivity contribution is -0.148. The SMILES string of the molecule is CC1(C(=O)O)CCCC1NC(=O)N1CCCS(=O)(=O)CC1. The van der Waals surface area contributed by atoms with Gasteiger partial charge in [0.05, 0.1) is 16.9 Å². The van der Waals surface area contributed by atoms with Gasteiger partial charge >= 0.3 is 12.0 Å². The summed E-state index contributed by atoms with van der Waals surface area (Å²) in [4.78, 5) is 25.1. The maximum absolute atomic E-state index is 12.3. The van der Waals surface area contributed by atoms with Crippen molar-refractivity contribution in [3.8, 4) is 0 Å². The highest BCUT2D eigenvalue weighted by Crippen LogP contribution is 2.38. The van der Waals surface area contributed by atoms with Gasteiger partial charge in [-0.3, -0.25) is 4.79 Å². The molecule has 2 amide bonds. The van der Waals surface area contributed by atoms with E-state index in [0.29, 0.717) is 25.8 Å². The van der Waals surface area contributed by atoms with Crippen LogP contribution in [0, 0.1) is 5.41 Å². The number of nitrogens with one attached hydrogen (secondary N) is 1. The van der Waals surface area contributed by atoms with Crippen molar-refractivity contribution in [3.05, 3.63) is 0 Å². The lowest BCUT2D eigenvalue weighted by Gasteiger charge is -2.30. The number of aliphatic carboxylic acids is 1. The van der Waals surface area contributed by atoms with Gasteiger partial charge in [0.15, 0.2) is 9.84 Å². The summed E-state index contributed by atoms with van der Waals surface area (Å²) in [5.74, 6) is -0.822. The number of hydrogen-bond donors (Lipinski definition) is 2. The number of amides is 2. The number of hydrogen-bond acceptors (Lipinski definition) is 4. The first-order chi connectivity index (χ1) is 9.74. The molecule has 0 aromatic heterocycles. The Morgan fingerprint density at radius 2 is 1.95 bits per heavy atom. The zero-order valence-electron chi connectivity index (χ0n) is 12.2. The number of carboxylic acid groups (broad SMARTS) is 1. The number of carbonyl (C=O) groups is 2. The van der Waals surface area contributed by atoms with E-state index < -0.39 is 27.3 Å². The molecule has 0 radical (unpaired) electrons. The fourth-order valence-corrected chi connectivity index (χ4v) is 4.31. The lowest BCUT2D eigenvalue weighted by Crippen LogP contribution is -2.51. The van der Waals surface area contributed by atoms with Crippen LogP contribution in [0.15, 0.2) is 0 Å². The Balaban J connectivity index is 2.00. The highest BCUT2D eigenvalue weighted by molar-refractivity contribution is 7.91. The fraction of sp³-hybridized carbons (Fsp3) is 0.846. The molecule has 1 heterocycles. The molecule has 7 nitrogen and oxygen atoms in total. The molecule has 1 saturated carbocycles. The largest absolute Gasteiger partial charge is 0.481 e. The van der Waals surface area contributed by atoms with E-state index >= 15 is 0 Å². The number of carbonyl (C=O) groups excluding carboxylic acids is 1. The van der Waals surface area contributed by atoms with E-state index in [2.05, 4.69) is 5.32 Å². The number of sulfone groups is 1. The molecule has 0 bridgehead atoms. The van der Waals surface area contributed by atoms with Gasteiger partial charge in [-0.1, -0.05) is 6.42 Å². The van der Waals surface area contributed by atoms with Crippen molar-refractivity contribution in [2.75, 3.05) is 24.6 Å². The molecule has 2 atom stereocenters. The number of rotatable bonds is 2. The van der Waals surface area contributed by atoms with Gasteiger partial charge in [-0.15, -0.1) is 0 Å². The molecule has 2 N–H and O–H groups in total. The Bertz CT molecular complexity index is 533. The fourth-order valence-electron chi connectivity index (χ4n) is 3.04. The maximum Gasteiger partial charge on any atom is 0.317 e. The first kappa shape index (κ1) is 16.1. The van der Waals surface area contributed by atoms with Crippen LogP contribution in [0.25, 0.3) is 0 Å². The van der Waals surface area contributed by atoms with E-state index in [1.165, 1.54) is 4.90 Å². The number of nitrogens with zero attached hydrogens (tertiary/aromatic N) is 1. The van der Waals surface area contributed by atoms with E-state index in [9.17, 15) is 23.1 Å². The average molecular weight is 318 g/mol. The molecule has 2 aliphatic rings. The van der Waals surface area contributed by atoms with Gasteiger partial charge in [0, 0.05) is 19.1 Å². The van der Waals surface area contributed by atoms with Crippen LogP contribution in [-0.4, -0.2) is 61.1 Å². The molecule has 0 aromatic carbocycles. The minimum atomic E-state index is -3.06. The second kappa shape index (κ2) is 5.82. The molecule has 21 heavy (non-hydrogen) atoms. The van der Waals surface area contributed by atoms with Crippen LogP contribution in [0.5, 0.6) is 0 Å². The first-order valence-electron chi connectivity index (χ1n) is 7.24.